The number of ether oxygens (including phenoxy) is 1. The molecule has 0 heterocycles. The number of halogens is 1. The SMILES string of the molecule is COP(=O)(OC)[C@H](Cc1ccc(Cl)cc1)OC(=O)c1ccccc1. The lowest BCUT2D eigenvalue weighted by Crippen LogP contribution is -2.22. The number of esters is 1. The summed E-state index contributed by atoms with van der Waals surface area (Å²) in [5, 5.41) is 0.582. The molecule has 24 heavy (non-hydrogen) atoms. The van der Waals surface area contributed by atoms with Crippen LogP contribution in [0.3, 0.4) is 0 Å². The molecule has 0 saturated carbocycles. The molecule has 0 aliphatic heterocycles. The molecule has 0 spiro atoms. The van der Waals surface area contributed by atoms with Gasteiger partial charge in [-0.2, -0.15) is 0 Å². The summed E-state index contributed by atoms with van der Waals surface area (Å²) in [5.41, 5.74) is 1.15. The predicted molar refractivity (Wildman–Crippen MR) is 92.4 cm³/mol. The van der Waals surface area contributed by atoms with Crippen LogP contribution in [-0.2, 0) is 24.8 Å². The molecule has 5 nitrogen and oxygen atoms in total. The Hall–Kier alpha value is -1.65. The third-order valence-corrected chi connectivity index (χ3v) is 5.70. The van der Waals surface area contributed by atoms with E-state index in [1.165, 1.54) is 14.2 Å². The highest BCUT2D eigenvalue weighted by Gasteiger charge is 2.37. The van der Waals surface area contributed by atoms with E-state index in [0.29, 0.717) is 10.6 Å². The Morgan fingerprint density at radius 2 is 1.62 bits per heavy atom. The Balaban J connectivity index is 2.24. The molecule has 0 saturated heterocycles. The Kier molecular flexibility index (Phi) is 6.58. The quantitative estimate of drug-likeness (QED) is 0.530. The van der Waals surface area contributed by atoms with Gasteiger partial charge in [0.25, 0.3) is 0 Å². The maximum atomic E-state index is 12.7. The van der Waals surface area contributed by atoms with Crippen molar-refractivity contribution in [3.63, 3.8) is 0 Å². The van der Waals surface area contributed by atoms with Gasteiger partial charge in [-0.3, -0.25) is 4.57 Å². The van der Waals surface area contributed by atoms with Gasteiger partial charge in [0.2, 0.25) is 5.85 Å². The van der Waals surface area contributed by atoms with Gasteiger partial charge < -0.3 is 13.8 Å². The third-order valence-electron chi connectivity index (χ3n) is 3.44. The second kappa shape index (κ2) is 8.45. The molecule has 0 N–H and O–H groups in total. The van der Waals surface area contributed by atoms with Crippen LogP contribution in [0.15, 0.2) is 54.6 Å². The van der Waals surface area contributed by atoms with Gasteiger partial charge in [0.05, 0.1) is 5.56 Å². The maximum absolute atomic E-state index is 12.7. The summed E-state index contributed by atoms with van der Waals surface area (Å²) in [6, 6.07) is 15.4. The van der Waals surface area contributed by atoms with Gasteiger partial charge >= 0.3 is 13.6 Å². The Bertz CT molecular complexity index is 710. The molecule has 7 heteroatoms. The van der Waals surface area contributed by atoms with E-state index in [0.717, 1.165) is 5.56 Å². The van der Waals surface area contributed by atoms with Gasteiger partial charge in [-0.05, 0) is 29.8 Å². The molecule has 0 radical (unpaired) electrons. The normalized spacial score (nSPS) is 12.6. The van der Waals surface area contributed by atoms with Crippen LogP contribution in [0, 0.1) is 0 Å². The average Bonchev–Trinajstić information content (AvgIpc) is 2.63. The van der Waals surface area contributed by atoms with Gasteiger partial charge in [-0.15, -0.1) is 0 Å². The van der Waals surface area contributed by atoms with Crippen LogP contribution in [0.5, 0.6) is 0 Å². The van der Waals surface area contributed by atoms with Gasteiger partial charge in [-0.1, -0.05) is 41.9 Å². The standard InChI is InChI=1S/C17H18ClO5P/c1-21-24(20,22-2)16(12-13-8-10-15(18)11-9-13)23-17(19)14-6-4-3-5-7-14/h3-11,16H,12H2,1-2H3/t16-/m1/s1. The molecule has 128 valence electrons. The highest BCUT2D eigenvalue weighted by atomic mass is 35.5. The van der Waals surface area contributed by atoms with Crippen molar-refractivity contribution < 1.29 is 23.1 Å². The van der Waals surface area contributed by atoms with E-state index in [1.807, 2.05) is 0 Å². The minimum absolute atomic E-state index is 0.175. The van der Waals surface area contributed by atoms with E-state index in [4.69, 9.17) is 25.4 Å². The van der Waals surface area contributed by atoms with Gasteiger partial charge in [-0.25, -0.2) is 4.79 Å². The lowest BCUT2D eigenvalue weighted by molar-refractivity contribution is 0.0385. The number of rotatable bonds is 7. The van der Waals surface area contributed by atoms with Crippen molar-refractivity contribution in [2.24, 2.45) is 0 Å². The fourth-order valence-corrected chi connectivity index (χ4v) is 3.52. The van der Waals surface area contributed by atoms with Crippen LogP contribution in [0.25, 0.3) is 0 Å². The second-order valence-electron chi connectivity index (χ2n) is 4.96. The molecule has 1 atom stereocenters. The topological polar surface area (TPSA) is 61.8 Å². The highest BCUT2D eigenvalue weighted by molar-refractivity contribution is 7.54. The van der Waals surface area contributed by atoms with Crippen molar-refractivity contribution in [3.8, 4) is 0 Å². The van der Waals surface area contributed by atoms with Gasteiger partial charge in [0.15, 0.2) is 0 Å². The zero-order valence-electron chi connectivity index (χ0n) is 13.3. The Labute approximate surface area is 146 Å². The summed E-state index contributed by atoms with van der Waals surface area (Å²) in [6.45, 7) is 0. The largest absolute Gasteiger partial charge is 0.445 e. The van der Waals surface area contributed by atoms with E-state index in [1.54, 1.807) is 54.6 Å². The number of benzene rings is 2. The molecule has 2 aromatic carbocycles. The summed E-state index contributed by atoms with van der Waals surface area (Å²) in [4.78, 5) is 12.3. The maximum Gasteiger partial charge on any atom is 0.370 e. The lowest BCUT2D eigenvalue weighted by atomic mass is 10.1. The fourth-order valence-electron chi connectivity index (χ4n) is 2.12. The van der Waals surface area contributed by atoms with E-state index in [-0.39, 0.29) is 6.42 Å². The second-order valence-corrected chi connectivity index (χ2v) is 7.78. The van der Waals surface area contributed by atoms with Crippen LogP contribution in [-0.4, -0.2) is 26.0 Å². The minimum atomic E-state index is -3.62. The van der Waals surface area contributed by atoms with Crippen molar-refractivity contribution in [2.45, 2.75) is 12.3 Å². The summed E-state index contributed by atoms with van der Waals surface area (Å²) in [7, 11) is -1.10. The molecule has 2 rings (SSSR count). The number of hydrogen-bond donors (Lipinski definition) is 0. The van der Waals surface area contributed by atoms with Crippen LogP contribution in [0.4, 0.5) is 0 Å². The Morgan fingerprint density at radius 3 is 2.17 bits per heavy atom. The molecule has 0 aliphatic carbocycles. The fraction of sp³-hybridized carbons (Fsp3) is 0.235. The van der Waals surface area contributed by atoms with E-state index < -0.39 is 19.4 Å². The van der Waals surface area contributed by atoms with Gasteiger partial charge in [0, 0.05) is 25.7 Å². The molecular formula is C17H18ClO5P. The average molecular weight is 369 g/mol. The third kappa shape index (κ3) is 4.68. The molecule has 0 aliphatic rings. The van der Waals surface area contributed by atoms with Crippen LogP contribution >= 0.6 is 19.2 Å². The van der Waals surface area contributed by atoms with E-state index in [2.05, 4.69) is 0 Å². The van der Waals surface area contributed by atoms with Crippen molar-refractivity contribution in [1.82, 2.24) is 0 Å². The smallest absolute Gasteiger partial charge is 0.370 e. The summed E-state index contributed by atoms with van der Waals surface area (Å²) in [5.74, 6) is -1.66. The van der Waals surface area contributed by atoms with Crippen molar-refractivity contribution >= 4 is 25.2 Å². The van der Waals surface area contributed by atoms with Crippen LogP contribution < -0.4 is 0 Å². The lowest BCUT2D eigenvalue weighted by Gasteiger charge is -2.24. The molecule has 2 aromatic rings. The summed E-state index contributed by atoms with van der Waals surface area (Å²) >= 11 is 5.87. The van der Waals surface area contributed by atoms with E-state index >= 15 is 0 Å². The molecule has 0 aromatic heterocycles. The minimum Gasteiger partial charge on any atom is -0.445 e. The summed E-state index contributed by atoms with van der Waals surface area (Å²) < 4.78 is 28.2. The van der Waals surface area contributed by atoms with E-state index in [9.17, 15) is 9.36 Å². The zero-order valence-corrected chi connectivity index (χ0v) is 15.0. The first kappa shape index (κ1) is 18.7. The predicted octanol–water partition coefficient (Wildman–Crippen LogP) is 4.55. The van der Waals surface area contributed by atoms with Crippen molar-refractivity contribution in [3.05, 3.63) is 70.7 Å². The monoisotopic (exact) mass is 368 g/mol. The number of carbonyl (C=O) groups is 1. The molecule has 0 bridgehead atoms. The number of hydrogen-bond acceptors (Lipinski definition) is 5. The number of carbonyl (C=O) groups excluding carboxylic acids is 1. The van der Waals surface area contributed by atoms with Crippen LogP contribution in [0.2, 0.25) is 5.02 Å². The molecular weight excluding hydrogens is 351 g/mol. The first-order valence-electron chi connectivity index (χ1n) is 7.20. The summed E-state index contributed by atoms with van der Waals surface area (Å²) in [6.07, 6.45) is 0.175. The van der Waals surface area contributed by atoms with Crippen molar-refractivity contribution in [2.75, 3.05) is 14.2 Å². The first-order valence-corrected chi connectivity index (χ1v) is 9.19. The zero-order chi connectivity index (χ0) is 17.6. The molecule has 0 unspecified atom stereocenters. The van der Waals surface area contributed by atoms with Crippen molar-refractivity contribution in [1.29, 1.82) is 0 Å². The van der Waals surface area contributed by atoms with Gasteiger partial charge in [0.1, 0.15) is 0 Å². The Morgan fingerprint density at radius 1 is 1.04 bits per heavy atom. The molecule has 0 fully saturated rings. The first-order chi connectivity index (χ1) is 11.5. The van der Waals surface area contributed by atoms with Crippen LogP contribution in [0.1, 0.15) is 15.9 Å². The molecule has 0 amide bonds. The highest BCUT2D eigenvalue weighted by Crippen LogP contribution is 2.53.